The Bertz CT molecular complexity index is 967. The standard InChI is InChI=1S/C19H16Cl2N2O2/c1-25-19(24)23-8-7-14-15-10-13(21)5-6-16(15)22-17(14)18(23)11-3-2-4-12(20)9-11/h2-6,9-10,18,22H,7-8H2,1H3. The van der Waals surface area contributed by atoms with Crippen LogP contribution in [-0.4, -0.2) is 29.6 Å². The molecule has 0 saturated carbocycles. The lowest BCUT2D eigenvalue weighted by Gasteiger charge is -2.35. The number of ether oxygens (including phenoxy) is 1. The SMILES string of the molecule is COC(=O)N1CCc2c([nH]c3ccc(Cl)cc23)C1c1cccc(Cl)c1. The highest BCUT2D eigenvalue weighted by molar-refractivity contribution is 6.31. The number of methoxy groups -OCH3 is 1. The molecule has 6 heteroatoms. The van der Waals surface area contributed by atoms with Crippen LogP contribution < -0.4 is 0 Å². The minimum Gasteiger partial charge on any atom is -0.453 e. The van der Waals surface area contributed by atoms with Crippen molar-refractivity contribution in [1.82, 2.24) is 9.88 Å². The van der Waals surface area contributed by atoms with Crippen molar-refractivity contribution in [2.75, 3.05) is 13.7 Å². The van der Waals surface area contributed by atoms with Gasteiger partial charge in [0.05, 0.1) is 7.11 Å². The van der Waals surface area contributed by atoms with E-state index in [1.165, 1.54) is 12.7 Å². The van der Waals surface area contributed by atoms with Crippen LogP contribution in [0.15, 0.2) is 42.5 Å². The number of H-pyrrole nitrogens is 1. The number of carbonyl (C=O) groups excluding carboxylic acids is 1. The number of hydrogen-bond donors (Lipinski definition) is 1. The predicted molar refractivity (Wildman–Crippen MR) is 99.4 cm³/mol. The molecule has 1 atom stereocenters. The minimum absolute atomic E-state index is 0.277. The van der Waals surface area contributed by atoms with Gasteiger partial charge in [0.2, 0.25) is 0 Å². The first-order chi connectivity index (χ1) is 12.1. The Morgan fingerprint density at radius 2 is 2.00 bits per heavy atom. The third kappa shape index (κ3) is 2.75. The molecule has 0 bridgehead atoms. The Kier molecular flexibility index (Phi) is 4.10. The maximum absolute atomic E-state index is 12.4. The maximum Gasteiger partial charge on any atom is 0.410 e. The number of halogens is 2. The number of hydrogen-bond acceptors (Lipinski definition) is 2. The van der Waals surface area contributed by atoms with Crippen LogP contribution in [0.4, 0.5) is 4.79 Å². The van der Waals surface area contributed by atoms with Gasteiger partial charge >= 0.3 is 6.09 Å². The van der Waals surface area contributed by atoms with Crippen LogP contribution in [0.25, 0.3) is 10.9 Å². The molecule has 3 aromatic rings. The van der Waals surface area contributed by atoms with Crippen LogP contribution in [0.2, 0.25) is 10.0 Å². The van der Waals surface area contributed by atoms with Gasteiger partial charge in [-0.05, 0) is 47.9 Å². The van der Waals surface area contributed by atoms with Crippen molar-refractivity contribution >= 4 is 40.2 Å². The van der Waals surface area contributed by atoms with Crippen molar-refractivity contribution in [1.29, 1.82) is 0 Å². The molecule has 2 heterocycles. The number of amides is 1. The van der Waals surface area contributed by atoms with Crippen LogP contribution >= 0.6 is 23.2 Å². The number of nitrogens with one attached hydrogen (secondary N) is 1. The number of rotatable bonds is 1. The maximum atomic E-state index is 12.4. The van der Waals surface area contributed by atoms with Crippen molar-refractivity contribution in [3.05, 3.63) is 69.3 Å². The molecule has 0 saturated heterocycles. The molecule has 0 radical (unpaired) electrons. The summed E-state index contributed by atoms with van der Waals surface area (Å²) in [4.78, 5) is 17.5. The van der Waals surface area contributed by atoms with Gasteiger partial charge in [-0.1, -0.05) is 35.3 Å². The first-order valence-corrected chi connectivity index (χ1v) is 8.74. The lowest BCUT2D eigenvalue weighted by Crippen LogP contribution is -2.40. The Morgan fingerprint density at radius 3 is 2.76 bits per heavy atom. The van der Waals surface area contributed by atoms with E-state index in [4.69, 9.17) is 27.9 Å². The van der Waals surface area contributed by atoms with E-state index in [0.29, 0.717) is 16.6 Å². The first kappa shape index (κ1) is 16.3. The zero-order valence-corrected chi connectivity index (χ0v) is 15.1. The number of fused-ring (bicyclic) bond motifs is 3. The van der Waals surface area contributed by atoms with Crippen LogP contribution in [0.3, 0.4) is 0 Å². The van der Waals surface area contributed by atoms with Gasteiger partial charge in [0.1, 0.15) is 6.04 Å². The van der Waals surface area contributed by atoms with Gasteiger partial charge in [0, 0.05) is 33.2 Å². The van der Waals surface area contributed by atoms with E-state index >= 15 is 0 Å². The van der Waals surface area contributed by atoms with Gasteiger partial charge in [-0.3, -0.25) is 4.90 Å². The fourth-order valence-electron chi connectivity index (χ4n) is 3.60. The summed E-state index contributed by atoms with van der Waals surface area (Å²) in [6.45, 7) is 0.566. The van der Waals surface area contributed by atoms with Crippen molar-refractivity contribution in [2.45, 2.75) is 12.5 Å². The van der Waals surface area contributed by atoms with Gasteiger partial charge in [-0.25, -0.2) is 4.79 Å². The van der Waals surface area contributed by atoms with Crippen LogP contribution in [0.1, 0.15) is 22.9 Å². The summed E-state index contributed by atoms with van der Waals surface area (Å²) < 4.78 is 5.00. The summed E-state index contributed by atoms with van der Waals surface area (Å²) in [7, 11) is 1.40. The quantitative estimate of drug-likeness (QED) is 0.636. The summed E-state index contributed by atoms with van der Waals surface area (Å²) in [6, 6.07) is 13.1. The normalized spacial score (nSPS) is 16.8. The second kappa shape index (κ2) is 6.28. The summed E-state index contributed by atoms with van der Waals surface area (Å²) in [5.74, 6) is 0. The predicted octanol–water partition coefficient (Wildman–Crippen LogP) is 5.19. The van der Waals surface area contributed by atoms with E-state index in [0.717, 1.165) is 28.6 Å². The highest BCUT2D eigenvalue weighted by Crippen LogP contribution is 2.39. The monoisotopic (exact) mass is 374 g/mol. The fourth-order valence-corrected chi connectivity index (χ4v) is 3.97. The molecule has 4 nitrogen and oxygen atoms in total. The van der Waals surface area contributed by atoms with E-state index in [1.54, 1.807) is 4.90 Å². The van der Waals surface area contributed by atoms with Crippen molar-refractivity contribution < 1.29 is 9.53 Å². The molecular weight excluding hydrogens is 359 g/mol. The number of carbonyl (C=O) groups is 1. The van der Waals surface area contributed by atoms with E-state index in [2.05, 4.69) is 4.98 Å². The molecule has 0 spiro atoms. The van der Waals surface area contributed by atoms with Crippen molar-refractivity contribution in [3.63, 3.8) is 0 Å². The highest BCUT2D eigenvalue weighted by atomic mass is 35.5. The molecular formula is C19H16Cl2N2O2. The molecule has 0 aliphatic carbocycles. The average Bonchev–Trinajstić information content (AvgIpc) is 2.98. The largest absolute Gasteiger partial charge is 0.453 e. The molecule has 25 heavy (non-hydrogen) atoms. The van der Waals surface area contributed by atoms with E-state index in [1.807, 2.05) is 42.5 Å². The minimum atomic E-state index is -0.354. The van der Waals surface area contributed by atoms with E-state index in [-0.39, 0.29) is 12.1 Å². The zero-order valence-electron chi connectivity index (χ0n) is 13.6. The molecule has 1 aliphatic heterocycles. The smallest absolute Gasteiger partial charge is 0.410 e. The molecule has 2 aromatic carbocycles. The third-order valence-corrected chi connectivity index (χ3v) is 5.13. The molecule has 1 aliphatic rings. The third-order valence-electron chi connectivity index (χ3n) is 4.66. The van der Waals surface area contributed by atoms with Gasteiger partial charge < -0.3 is 9.72 Å². The Hall–Kier alpha value is -2.17. The van der Waals surface area contributed by atoms with Crippen molar-refractivity contribution in [2.24, 2.45) is 0 Å². The number of aromatic nitrogens is 1. The number of nitrogens with zero attached hydrogens (tertiary/aromatic N) is 1. The Balaban J connectivity index is 1.93. The molecule has 4 rings (SSSR count). The number of aromatic amines is 1. The highest BCUT2D eigenvalue weighted by Gasteiger charge is 2.35. The van der Waals surface area contributed by atoms with Crippen LogP contribution in [0.5, 0.6) is 0 Å². The second-order valence-electron chi connectivity index (χ2n) is 6.08. The molecule has 0 fully saturated rings. The summed E-state index contributed by atoms with van der Waals surface area (Å²) in [5.41, 5.74) is 4.11. The zero-order chi connectivity index (χ0) is 17.6. The van der Waals surface area contributed by atoms with Crippen LogP contribution in [0, 0.1) is 0 Å². The summed E-state index contributed by atoms with van der Waals surface area (Å²) in [6.07, 6.45) is 0.384. The molecule has 128 valence electrons. The Morgan fingerprint density at radius 1 is 1.20 bits per heavy atom. The topological polar surface area (TPSA) is 45.3 Å². The summed E-state index contributed by atoms with van der Waals surface area (Å²) >= 11 is 12.4. The van der Waals surface area contributed by atoms with E-state index in [9.17, 15) is 4.79 Å². The Labute approximate surface area is 155 Å². The molecule has 1 unspecified atom stereocenters. The number of benzene rings is 2. The van der Waals surface area contributed by atoms with Gasteiger partial charge in [0.15, 0.2) is 0 Å². The molecule has 1 amide bonds. The average molecular weight is 375 g/mol. The lowest BCUT2D eigenvalue weighted by molar-refractivity contribution is 0.108. The second-order valence-corrected chi connectivity index (χ2v) is 6.95. The fraction of sp³-hybridized carbons (Fsp3) is 0.211. The first-order valence-electron chi connectivity index (χ1n) is 7.98. The summed E-state index contributed by atoms with van der Waals surface area (Å²) in [5, 5.41) is 2.43. The molecule has 1 aromatic heterocycles. The van der Waals surface area contributed by atoms with E-state index < -0.39 is 0 Å². The van der Waals surface area contributed by atoms with Gasteiger partial charge in [-0.15, -0.1) is 0 Å². The van der Waals surface area contributed by atoms with Gasteiger partial charge in [0.25, 0.3) is 0 Å². The lowest BCUT2D eigenvalue weighted by atomic mass is 9.93. The van der Waals surface area contributed by atoms with Crippen LogP contribution in [-0.2, 0) is 11.2 Å². The van der Waals surface area contributed by atoms with Gasteiger partial charge in [-0.2, -0.15) is 0 Å². The van der Waals surface area contributed by atoms with Crippen molar-refractivity contribution in [3.8, 4) is 0 Å². The molecule has 1 N–H and O–H groups in total.